The van der Waals surface area contributed by atoms with Gasteiger partial charge in [0.15, 0.2) is 0 Å². The third kappa shape index (κ3) is 4.29. The number of benzene rings is 3. The summed E-state index contributed by atoms with van der Waals surface area (Å²) in [6.07, 6.45) is -1.77. The molecule has 0 radical (unpaired) electrons. The number of hydrogen-bond donors (Lipinski definition) is 1. The van der Waals surface area contributed by atoms with Crippen LogP contribution < -0.4 is 15.2 Å². The molecule has 37 heavy (non-hydrogen) atoms. The summed E-state index contributed by atoms with van der Waals surface area (Å²) in [4.78, 5) is 20.4. The second-order valence-corrected chi connectivity index (χ2v) is 8.36. The molecule has 3 aromatic carbocycles. The van der Waals surface area contributed by atoms with Gasteiger partial charge in [-0.15, -0.1) is 0 Å². The van der Waals surface area contributed by atoms with Gasteiger partial charge in [0.05, 0.1) is 13.3 Å². The Hall–Kier alpha value is -4.66. The lowest BCUT2D eigenvalue weighted by atomic mass is 9.77. The molecule has 1 aliphatic rings. The van der Waals surface area contributed by atoms with Crippen LogP contribution in [0.4, 0.5) is 13.2 Å². The number of ether oxygens (including phenoxy) is 2. The zero-order chi connectivity index (χ0) is 26.2. The molecule has 0 fully saturated rings. The second kappa shape index (κ2) is 9.09. The van der Waals surface area contributed by atoms with Crippen LogP contribution in [0, 0.1) is 0 Å². The fourth-order valence-electron chi connectivity index (χ4n) is 4.47. The lowest BCUT2D eigenvalue weighted by molar-refractivity contribution is -0.189. The van der Waals surface area contributed by atoms with Crippen LogP contribution in [0.2, 0.25) is 0 Å². The van der Waals surface area contributed by atoms with Crippen molar-refractivity contribution in [3.63, 3.8) is 0 Å². The largest absolute Gasteiger partial charge is 0.495 e. The average Bonchev–Trinajstić information content (AvgIpc) is 3.22. The SMILES string of the molecule is COc1cncc(-c2cccc(C3(c4ccc(OC(=O)C(F)(F)F)cc4)N=C(N)c4ccccc43)c2)c1. The molecule has 1 atom stereocenters. The van der Waals surface area contributed by atoms with Crippen LogP contribution in [0.25, 0.3) is 11.1 Å². The number of aromatic nitrogens is 1. The number of alkyl halides is 3. The van der Waals surface area contributed by atoms with Crippen molar-refractivity contribution in [1.29, 1.82) is 0 Å². The first kappa shape index (κ1) is 24.1. The molecule has 0 saturated carbocycles. The minimum absolute atomic E-state index is 0.235. The van der Waals surface area contributed by atoms with Gasteiger partial charge in [0.1, 0.15) is 22.9 Å². The Morgan fingerprint density at radius 1 is 0.865 bits per heavy atom. The van der Waals surface area contributed by atoms with Gasteiger partial charge in [-0.05, 0) is 46.5 Å². The molecule has 1 aromatic heterocycles. The summed E-state index contributed by atoms with van der Waals surface area (Å²) < 4.78 is 47.8. The number of aliphatic imine (C=N–C) groups is 1. The van der Waals surface area contributed by atoms with Crippen molar-refractivity contribution < 1.29 is 27.4 Å². The van der Waals surface area contributed by atoms with Gasteiger partial charge >= 0.3 is 12.1 Å². The third-order valence-corrected chi connectivity index (χ3v) is 6.16. The predicted octanol–water partition coefficient (Wildman–Crippen LogP) is 5.24. The third-order valence-electron chi connectivity index (χ3n) is 6.16. The molecule has 2 heterocycles. The number of methoxy groups -OCH3 is 1. The molecule has 5 rings (SSSR count). The van der Waals surface area contributed by atoms with Crippen molar-refractivity contribution in [3.8, 4) is 22.6 Å². The van der Waals surface area contributed by atoms with E-state index in [-0.39, 0.29) is 5.75 Å². The average molecular weight is 503 g/mol. The summed E-state index contributed by atoms with van der Waals surface area (Å²) in [5.74, 6) is -1.59. The Morgan fingerprint density at radius 3 is 2.35 bits per heavy atom. The zero-order valence-corrected chi connectivity index (χ0v) is 19.5. The molecule has 2 N–H and O–H groups in total. The van der Waals surface area contributed by atoms with E-state index in [9.17, 15) is 18.0 Å². The summed E-state index contributed by atoms with van der Waals surface area (Å²) in [6.45, 7) is 0. The number of pyridine rings is 1. The van der Waals surface area contributed by atoms with Crippen LogP contribution in [0.15, 0.2) is 96.2 Å². The minimum Gasteiger partial charge on any atom is -0.495 e. The Morgan fingerprint density at radius 2 is 1.62 bits per heavy atom. The number of esters is 1. The minimum atomic E-state index is -5.10. The molecule has 0 saturated heterocycles. The number of amidine groups is 1. The van der Waals surface area contributed by atoms with E-state index in [4.69, 9.17) is 15.5 Å². The van der Waals surface area contributed by atoms with Gasteiger partial charge in [-0.1, -0.05) is 54.6 Å². The quantitative estimate of drug-likeness (QED) is 0.298. The zero-order valence-electron chi connectivity index (χ0n) is 19.5. The van der Waals surface area contributed by atoms with Gasteiger partial charge in [0, 0.05) is 17.3 Å². The van der Waals surface area contributed by atoms with Crippen LogP contribution in [-0.2, 0) is 10.3 Å². The van der Waals surface area contributed by atoms with E-state index in [0.717, 1.165) is 27.8 Å². The highest BCUT2D eigenvalue weighted by Crippen LogP contribution is 2.47. The highest BCUT2D eigenvalue weighted by atomic mass is 19.4. The lowest BCUT2D eigenvalue weighted by Gasteiger charge is -2.29. The Kier molecular flexibility index (Phi) is 5.91. The number of halogens is 3. The Balaban J connectivity index is 1.65. The van der Waals surface area contributed by atoms with Crippen LogP contribution >= 0.6 is 0 Å². The van der Waals surface area contributed by atoms with Crippen molar-refractivity contribution in [1.82, 2.24) is 4.98 Å². The van der Waals surface area contributed by atoms with Crippen LogP contribution in [0.5, 0.6) is 11.5 Å². The molecular formula is C28H20F3N3O3. The van der Waals surface area contributed by atoms with Gasteiger partial charge in [-0.25, -0.2) is 9.79 Å². The van der Waals surface area contributed by atoms with Gasteiger partial charge in [0.2, 0.25) is 0 Å². The fraction of sp³-hybridized carbons (Fsp3) is 0.107. The van der Waals surface area contributed by atoms with E-state index in [1.807, 2.05) is 54.6 Å². The predicted molar refractivity (Wildman–Crippen MR) is 131 cm³/mol. The van der Waals surface area contributed by atoms with E-state index in [1.165, 1.54) is 12.1 Å². The molecule has 9 heteroatoms. The molecule has 1 unspecified atom stereocenters. The van der Waals surface area contributed by atoms with E-state index >= 15 is 0 Å². The fourth-order valence-corrected chi connectivity index (χ4v) is 4.47. The van der Waals surface area contributed by atoms with Crippen LogP contribution in [0.3, 0.4) is 0 Å². The lowest BCUT2D eigenvalue weighted by Crippen LogP contribution is -2.28. The molecule has 186 valence electrons. The molecule has 0 bridgehead atoms. The normalized spacial score (nSPS) is 16.6. The highest BCUT2D eigenvalue weighted by molar-refractivity contribution is 6.03. The maximum atomic E-state index is 12.7. The van der Waals surface area contributed by atoms with Gasteiger partial charge < -0.3 is 15.2 Å². The summed E-state index contributed by atoms with van der Waals surface area (Å²) in [7, 11) is 1.56. The van der Waals surface area contributed by atoms with Crippen LogP contribution in [-0.4, -0.2) is 30.1 Å². The van der Waals surface area contributed by atoms with E-state index in [0.29, 0.717) is 17.1 Å². The molecule has 0 aliphatic carbocycles. The van der Waals surface area contributed by atoms with Crippen molar-refractivity contribution in [2.75, 3.05) is 7.11 Å². The topological polar surface area (TPSA) is 86.8 Å². The number of carbonyl (C=O) groups is 1. The van der Waals surface area contributed by atoms with Gasteiger partial charge in [0.25, 0.3) is 0 Å². The number of carbonyl (C=O) groups excluding carboxylic acids is 1. The molecular weight excluding hydrogens is 483 g/mol. The molecule has 6 nitrogen and oxygen atoms in total. The van der Waals surface area contributed by atoms with Crippen molar-refractivity contribution in [2.24, 2.45) is 10.7 Å². The Labute approximate surface area is 210 Å². The van der Waals surface area contributed by atoms with E-state index in [2.05, 4.69) is 9.72 Å². The van der Waals surface area contributed by atoms with E-state index < -0.39 is 17.7 Å². The maximum Gasteiger partial charge on any atom is 0.491 e. The number of rotatable bonds is 5. The Bertz CT molecular complexity index is 1520. The standard InChI is InChI=1S/C28H20F3N3O3/c1-36-22-14-18(15-33-16-22)17-5-4-6-20(13-17)27(24-8-3-2-7-23(24)25(32)34-27)19-9-11-21(12-10-19)37-26(35)28(29,30)31/h2-16H,1H3,(H2,32,34). The van der Waals surface area contributed by atoms with Crippen molar-refractivity contribution in [2.45, 2.75) is 11.7 Å². The van der Waals surface area contributed by atoms with Gasteiger partial charge in [-0.2, -0.15) is 13.2 Å². The number of nitrogens with two attached hydrogens (primary N) is 1. The first-order valence-corrected chi connectivity index (χ1v) is 11.2. The molecule has 0 spiro atoms. The molecule has 0 amide bonds. The molecule has 4 aromatic rings. The number of nitrogens with zero attached hydrogens (tertiary/aromatic N) is 2. The second-order valence-electron chi connectivity index (χ2n) is 8.36. The first-order chi connectivity index (χ1) is 17.7. The summed E-state index contributed by atoms with van der Waals surface area (Å²) in [5.41, 5.74) is 9.93. The summed E-state index contributed by atoms with van der Waals surface area (Å²) >= 11 is 0. The monoisotopic (exact) mass is 503 g/mol. The van der Waals surface area contributed by atoms with Gasteiger partial charge in [-0.3, -0.25) is 4.98 Å². The maximum absolute atomic E-state index is 12.7. The first-order valence-electron chi connectivity index (χ1n) is 11.2. The summed E-state index contributed by atoms with van der Waals surface area (Å²) in [6, 6.07) is 22.8. The van der Waals surface area contributed by atoms with E-state index in [1.54, 1.807) is 31.6 Å². The molecule has 1 aliphatic heterocycles. The smallest absolute Gasteiger partial charge is 0.491 e. The summed E-state index contributed by atoms with van der Waals surface area (Å²) in [5, 5.41) is 0. The van der Waals surface area contributed by atoms with Crippen LogP contribution in [0.1, 0.15) is 22.3 Å². The number of fused-ring (bicyclic) bond motifs is 1. The number of hydrogen-bond acceptors (Lipinski definition) is 6. The highest BCUT2D eigenvalue weighted by Gasteiger charge is 2.44. The van der Waals surface area contributed by atoms with Crippen molar-refractivity contribution >= 4 is 11.8 Å². The van der Waals surface area contributed by atoms with Crippen molar-refractivity contribution in [3.05, 3.63) is 114 Å².